The Balaban J connectivity index is 2.02. The van der Waals surface area contributed by atoms with Gasteiger partial charge in [-0.1, -0.05) is 6.92 Å². The number of nitrogens with zero attached hydrogens (tertiary/aromatic N) is 2. The van der Waals surface area contributed by atoms with Gasteiger partial charge < -0.3 is 10.6 Å². The van der Waals surface area contributed by atoms with Crippen molar-refractivity contribution in [2.45, 2.75) is 19.1 Å². The molecule has 2 heterocycles. The van der Waals surface area contributed by atoms with Crippen LogP contribution in [0, 0.1) is 6.92 Å². The maximum atomic E-state index is 6.20. The Morgan fingerprint density at radius 2 is 2.28 bits per heavy atom. The third-order valence-corrected chi connectivity index (χ3v) is 5.30. The van der Waals surface area contributed by atoms with Gasteiger partial charge in [-0.2, -0.15) is 11.8 Å². The van der Waals surface area contributed by atoms with E-state index < -0.39 is 0 Å². The summed E-state index contributed by atoms with van der Waals surface area (Å²) in [6.07, 6.45) is 0. The van der Waals surface area contributed by atoms with Crippen molar-refractivity contribution in [2.75, 3.05) is 29.5 Å². The summed E-state index contributed by atoms with van der Waals surface area (Å²) in [5.41, 5.74) is 9.31. The highest BCUT2D eigenvalue weighted by atomic mass is 32.2. The number of fused-ring (bicyclic) bond motifs is 1. The predicted molar refractivity (Wildman–Crippen MR) is 82.9 cm³/mol. The SMILES string of the molecule is Cc1nc2cc(N3CCSC(C)C3)c(N)cc2s1. The molecule has 1 aliphatic rings. The van der Waals surface area contributed by atoms with Crippen LogP contribution >= 0.6 is 23.1 Å². The quantitative estimate of drug-likeness (QED) is 0.814. The zero-order valence-corrected chi connectivity index (χ0v) is 12.3. The van der Waals surface area contributed by atoms with Crippen molar-refractivity contribution < 1.29 is 0 Å². The summed E-state index contributed by atoms with van der Waals surface area (Å²) in [7, 11) is 0. The lowest BCUT2D eigenvalue weighted by Crippen LogP contribution is -2.37. The van der Waals surface area contributed by atoms with E-state index in [0.717, 1.165) is 35.0 Å². The highest BCUT2D eigenvalue weighted by Gasteiger charge is 2.19. The van der Waals surface area contributed by atoms with E-state index in [-0.39, 0.29) is 0 Å². The van der Waals surface area contributed by atoms with E-state index in [1.165, 1.54) is 10.5 Å². The van der Waals surface area contributed by atoms with Crippen molar-refractivity contribution in [3.63, 3.8) is 0 Å². The van der Waals surface area contributed by atoms with E-state index in [0.29, 0.717) is 5.25 Å². The Labute approximate surface area is 115 Å². The van der Waals surface area contributed by atoms with Crippen LogP contribution in [0.15, 0.2) is 12.1 Å². The zero-order valence-electron chi connectivity index (χ0n) is 10.6. The third-order valence-electron chi connectivity index (χ3n) is 3.23. The summed E-state index contributed by atoms with van der Waals surface area (Å²) in [4.78, 5) is 6.95. The topological polar surface area (TPSA) is 42.2 Å². The van der Waals surface area contributed by atoms with Crippen LogP contribution < -0.4 is 10.6 Å². The van der Waals surface area contributed by atoms with Gasteiger partial charge in [0.1, 0.15) is 0 Å². The van der Waals surface area contributed by atoms with E-state index in [2.05, 4.69) is 28.9 Å². The average Bonchev–Trinajstić information content (AvgIpc) is 2.67. The van der Waals surface area contributed by atoms with Gasteiger partial charge in [-0.3, -0.25) is 0 Å². The van der Waals surface area contributed by atoms with Gasteiger partial charge in [0.25, 0.3) is 0 Å². The number of thiazole rings is 1. The number of aromatic nitrogens is 1. The number of nitrogen functional groups attached to an aromatic ring is 1. The Bertz CT molecular complexity index is 579. The smallest absolute Gasteiger partial charge is 0.0907 e. The number of thioether (sulfide) groups is 1. The fourth-order valence-electron chi connectivity index (χ4n) is 2.40. The van der Waals surface area contributed by atoms with Crippen molar-refractivity contribution in [3.05, 3.63) is 17.1 Å². The predicted octanol–water partition coefficient (Wildman–Crippen LogP) is 3.13. The van der Waals surface area contributed by atoms with Crippen LogP contribution in [0.3, 0.4) is 0 Å². The third kappa shape index (κ3) is 2.17. The summed E-state index contributed by atoms with van der Waals surface area (Å²) < 4.78 is 1.19. The van der Waals surface area contributed by atoms with Crippen molar-refractivity contribution >= 4 is 44.7 Å². The number of nitrogens with two attached hydrogens (primary N) is 1. The highest BCUT2D eigenvalue weighted by Crippen LogP contribution is 2.34. The van der Waals surface area contributed by atoms with E-state index in [1.54, 1.807) is 11.3 Å². The lowest BCUT2D eigenvalue weighted by atomic mass is 10.2. The average molecular weight is 279 g/mol. The molecule has 0 aliphatic carbocycles. The maximum Gasteiger partial charge on any atom is 0.0907 e. The second-order valence-electron chi connectivity index (χ2n) is 4.74. The van der Waals surface area contributed by atoms with Crippen LogP contribution in [-0.2, 0) is 0 Å². The van der Waals surface area contributed by atoms with Crippen LogP contribution in [0.1, 0.15) is 11.9 Å². The van der Waals surface area contributed by atoms with Crippen LogP contribution in [0.4, 0.5) is 11.4 Å². The molecule has 0 saturated carbocycles. The van der Waals surface area contributed by atoms with E-state index in [1.807, 2.05) is 18.7 Å². The molecule has 1 aliphatic heterocycles. The number of hydrogen-bond acceptors (Lipinski definition) is 5. The van der Waals surface area contributed by atoms with Gasteiger partial charge in [-0.25, -0.2) is 4.98 Å². The minimum atomic E-state index is 0.672. The molecular formula is C13H17N3S2. The largest absolute Gasteiger partial charge is 0.397 e. The second-order valence-corrected chi connectivity index (χ2v) is 7.52. The maximum absolute atomic E-state index is 6.20. The molecule has 3 nitrogen and oxygen atoms in total. The molecule has 2 aromatic rings. The molecule has 3 rings (SSSR count). The summed E-state index contributed by atoms with van der Waals surface area (Å²) in [5, 5.41) is 1.77. The van der Waals surface area contributed by atoms with Gasteiger partial charge in [0, 0.05) is 24.1 Å². The minimum Gasteiger partial charge on any atom is -0.397 e. The standard InChI is InChI=1S/C13H17N3S2/c1-8-7-16(3-4-17-8)12-6-11-13(5-10(12)14)18-9(2)15-11/h5-6,8H,3-4,7,14H2,1-2H3. The molecule has 0 bridgehead atoms. The first kappa shape index (κ1) is 12.1. The number of benzene rings is 1. The van der Waals surface area contributed by atoms with Crippen LogP contribution in [0.25, 0.3) is 10.2 Å². The Morgan fingerprint density at radius 3 is 3.06 bits per heavy atom. The van der Waals surface area contributed by atoms with Gasteiger partial charge in [0.2, 0.25) is 0 Å². The van der Waals surface area contributed by atoms with Gasteiger partial charge in [-0.05, 0) is 19.1 Å². The number of aryl methyl sites for hydroxylation is 1. The van der Waals surface area contributed by atoms with E-state index in [4.69, 9.17) is 5.73 Å². The molecule has 1 atom stereocenters. The number of hydrogen-bond donors (Lipinski definition) is 1. The molecule has 0 spiro atoms. The second kappa shape index (κ2) is 4.63. The molecule has 0 radical (unpaired) electrons. The zero-order chi connectivity index (χ0) is 12.7. The van der Waals surface area contributed by atoms with Crippen molar-refractivity contribution in [1.82, 2.24) is 4.98 Å². The first-order chi connectivity index (χ1) is 8.63. The minimum absolute atomic E-state index is 0.672. The van der Waals surface area contributed by atoms with Gasteiger partial charge in [0.15, 0.2) is 0 Å². The molecule has 1 saturated heterocycles. The summed E-state index contributed by atoms with van der Waals surface area (Å²) >= 11 is 3.74. The normalized spacial score (nSPS) is 20.6. The molecular weight excluding hydrogens is 262 g/mol. The molecule has 0 amide bonds. The Morgan fingerprint density at radius 1 is 1.44 bits per heavy atom. The number of anilines is 2. The molecule has 2 N–H and O–H groups in total. The highest BCUT2D eigenvalue weighted by molar-refractivity contribution is 8.00. The summed E-state index contributed by atoms with van der Waals surface area (Å²) in [5.74, 6) is 1.18. The fraction of sp³-hybridized carbons (Fsp3) is 0.462. The van der Waals surface area contributed by atoms with Crippen LogP contribution in [0.2, 0.25) is 0 Å². The first-order valence-corrected chi connectivity index (χ1v) is 8.03. The van der Waals surface area contributed by atoms with Crippen LogP contribution in [-0.4, -0.2) is 29.1 Å². The Hall–Kier alpha value is -0.940. The van der Waals surface area contributed by atoms with Gasteiger partial charge in [0.05, 0.1) is 26.6 Å². The summed E-state index contributed by atoms with van der Waals surface area (Å²) in [6.45, 7) is 6.47. The van der Waals surface area contributed by atoms with E-state index >= 15 is 0 Å². The first-order valence-electron chi connectivity index (χ1n) is 6.16. The molecule has 18 heavy (non-hydrogen) atoms. The number of rotatable bonds is 1. The van der Waals surface area contributed by atoms with Gasteiger partial charge >= 0.3 is 0 Å². The molecule has 1 aromatic carbocycles. The lowest BCUT2D eigenvalue weighted by molar-refractivity contribution is 0.784. The molecule has 1 aromatic heterocycles. The lowest BCUT2D eigenvalue weighted by Gasteiger charge is -2.33. The molecule has 5 heteroatoms. The van der Waals surface area contributed by atoms with E-state index in [9.17, 15) is 0 Å². The molecule has 1 unspecified atom stereocenters. The van der Waals surface area contributed by atoms with Crippen molar-refractivity contribution in [2.24, 2.45) is 0 Å². The Kier molecular flexibility index (Phi) is 3.11. The van der Waals surface area contributed by atoms with Crippen LogP contribution in [0.5, 0.6) is 0 Å². The fourth-order valence-corrected chi connectivity index (χ4v) is 4.28. The van der Waals surface area contributed by atoms with Crippen molar-refractivity contribution in [3.8, 4) is 0 Å². The molecule has 1 fully saturated rings. The monoisotopic (exact) mass is 279 g/mol. The molecule has 96 valence electrons. The van der Waals surface area contributed by atoms with Gasteiger partial charge in [-0.15, -0.1) is 11.3 Å². The van der Waals surface area contributed by atoms with Crippen molar-refractivity contribution in [1.29, 1.82) is 0 Å². The summed E-state index contributed by atoms with van der Waals surface area (Å²) in [6, 6.07) is 4.22.